The first-order chi connectivity index (χ1) is 37.6. The van der Waals surface area contributed by atoms with Crippen molar-refractivity contribution >= 4 is 23.9 Å². The van der Waals surface area contributed by atoms with Gasteiger partial charge in [0.15, 0.2) is 24.6 Å². The van der Waals surface area contributed by atoms with E-state index in [0.717, 1.165) is 116 Å². The number of hydrogen-bond acceptors (Lipinski definition) is 11. The number of allylic oxidation sites excluding steroid dienone is 14. The minimum Gasteiger partial charge on any atom is -0.479 e. The van der Waals surface area contributed by atoms with E-state index >= 15 is 0 Å². The number of ether oxygens (including phenoxy) is 5. The van der Waals surface area contributed by atoms with Crippen LogP contribution in [0.4, 0.5) is 0 Å². The molecule has 0 bridgehead atoms. The van der Waals surface area contributed by atoms with Crippen LogP contribution in [0.15, 0.2) is 85.1 Å². The van der Waals surface area contributed by atoms with Gasteiger partial charge in [0.05, 0.1) is 6.61 Å². The molecule has 0 aromatic heterocycles. The van der Waals surface area contributed by atoms with Crippen LogP contribution in [0, 0.1) is 0 Å². The number of carbonyl (C=O) groups is 4. The minimum absolute atomic E-state index is 0.0553. The summed E-state index contributed by atoms with van der Waals surface area (Å²) in [5, 5.41) is 31.4. The van der Waals surface area contributed by atoms with Crippen molar-refractivity contribution in [2.24, 2.45) is 0 Å². The van der Waals surface area contributed by atoms with Gasteiger partial charge in [0, 0.05) is 19.3 Å². The summed E-state index contributed by atoms with van der Waals surface area (Å²) < 4.78 is 28.4. The van der Waals surface area contributed by atoms with Gasteiger partial charge in [-0.05, 0) is 96.3 Å². The molecule has 0 saturated carbocycles. The van der Waals surface area contributed by atoms with E-state index in [2.05, 4.69) is 106 Å². The van der Waals surface area contributed by atoms with Gasteiger partial charge in [-0.3, -0.25) is 14.4 Å². The highest BCUT2D eigenvalue weighted by Gasteiger charge is 2.50. The van der Waals surface area contributed by atoms with Crippen molar-refractivity contribution in [1.82, 2.24) is 0 Å². The molecule has 440 valence electrons. The van der Waals surface area contributed by atoms with Crippen molar-refractivity contribution in [1.29, 1.82) is 0 Å². The van der Waals surface area contributed by atoms with Crippen molar-refractivity contribution in [3.8, 4) is 0 Å². The smallest absolute Gasteiger partial charge is 0.335 e. The molecule has 0 aromatic rings. The Bertz CT molecular complexity index is 1660. The largest absolute Gasteiger partial charge is 0.479 e. The van der Waals surface area contributed by atoms with E-state index in [1.807, 2.05) is 0 Å². The second-order valence-electron chi connectivity index (χ2n) is 20.6. The number of aliphatic hydroxyl groups excluding tert-OH is 2. The lowest BCUT2D eigenvalue weighted by Gasteiger charge is -2.40. The van der Waals surface area contributed by atoms with Gasteiger partial charge in [0.2, 0.25) is 0 Å². The molecule has 77 heavy (non-hydrogen) atoms. The molecule has 6 atom stereocenters. The number of rotatable bonds is 51. The average molecular weight is 1080 g/mol. The second-order valence-corrected chi connectivity index (χ2v) is 20.6. The van der Waals surface area contributed by atoms with Gasteiger partial charge in [-0.1, -0.05) is 221 Å². The third-order valence-corrected chi connectivity index (χ3v) is 13.5. The Morgan fingerprint density at radius 1 is 0.442 bits per heavy atom. The third-order valence-electron chi connectivity index (χ3n) is 13.5. The Hall–Kier alpha value is -4.10. The maximum absolute atomic E-state index is 13.2. The molecule has 0 aliphatic carbocycles. The van der Waals surface area contributed by atoms with E-state index in [1.165, 1.54) is 77.0 Å². The average Bonchev–Trinajstić information content (AvgIpc) is 3.42. The summed E-state index contributed by atoms with van der Waals surface area (Å²) in [6.07, 6.45) is 55.6. The van der Waals surface area contributed by atoms with Gasteiger partial charge in [-0.25, -0.2) is 4.79 Å². The fraction of sp³-hybridized carbons (Fsp3) is 0.723. The van der Waals surface area contributed by atoms with Crippen LogP contribution >= 0.6 is 0 Å². The highest BCUT2D eigenvalue weighted by molar-refractivity contribution is 5.74. The van der Waals surface area contributed by atoms with Crippen molar-refractivity contribution < 1.29 is 58.2 Å². The van der Waals surface area contributed by atoms with Crippen LogP contribution in [0.1, 0.15) is 252 Å². The zero-order chi connectivity index (χ0) is 56.1. The molecule has 12 nitrogen and oxygen atoms in total. The molecule has 1 rings (SSSR count). The SMILES string of the molecule is CC/C=C\C/C=C\C/C=C\C/C=C\C/C=C\CCCCCC(=O)OCC(COC1OC(C(=O)O)C(O)C(O)C1OC(=O)CCCCCCCCCCC)OC(=O)CCCCCCCCCCC/C=C\C/C=C\CCCCC. The number of unbranched alkanes of at least 4 members (excludes halogenated alkanes) is 23. The van der Waals surface area contributed by atoms with Crippen LogP contribution in [0.25, 0.3) is 0 Å². The Morgan fingerprint density at radius 3 is 1.29 bits per heavy atom. The van der Waals surface area contributed by atoms with Crippen LogP contribution in [0.3, 0.4) is 0 Å². The summed E-state index contributed by atoms with van der Waals surface area (Å²) in [5.41, 5.74) is 0. The van der Waals surface area contributed by atoms with Crippen LogP contribution in [-0.2, 0) is 42.9 Å². The Labute approximate surface area is 467 Å². The summed E-state index contributed by atoms with van der Waals surface area (Å²) in [5.74, 6) is -3.17. The molecule has 6 unspecified atom stereocenters. The van der Waals surface area contributed by atoms with Crippen molar-refractivity contribution in [2.45, 2.75) is 289 Å². The highest BCUT2D eigenvalue weighted by atomic mass is 16.7. The number of aliphatic hydroxyl groups is 2. The molecule has 0 radical (unpaired) electrons. The molecule has 1 heterocycles. The van der Waals surface area contributed by atoms with Crippen LogP contribution in [0.2, 0.25) is 0 Å². The zero-order valence-corrected chi connectivity index (χ0v) is 48.4. The van der Waals surface area contributed by atoms with E-state index in [4.69, 9.17) is 23.7 Å². The van der Waals surface area contributed by atoms with Gasteiger partial charge < -0.3 is 39.0 Å². The molecular formula is C65H108O12. The van der Waals surface area contributed by atoms with Crippen molar-refractivity contribution in [2.75, 3.05) is 13.2 Å². The van der Waals surface area contributed by atoms with E-state index in [0.29, 0.717) is 19.3 Å². The maximum Gasteiger partial charge on any atom is 0.335 e. The van der Waals surface area contributed by atoms with Gasteiger partial charge in [0.1, 0.15) is 18.8 Å². The summed E-state index contributed by atoms with van der Waals surface area (Å²) in [7, 11) is 0. The predicted octanol–water partition coefficient (Wildman–Crippen LogP) is 15.9. The van der Waals surface area contributed by atoms with Crippen LogP contribution in [0.5, 0.6) is 0 Å². The molecule has 1 fully saturated rings. The number of hydrogen-bond donors (Lipinski definition) is 3. The maximum atomic E-state index is 13.2. The first-order valence-electron chi connectivity index (χ1n) is 30.6. The van der Waals surface area contributed by atoms with Crippen LogP contribution < -0.4 is 0 Å². The van der Waals surface area contributed by atoms with Gasteiger partial charge >= 0.3 is 23.9 Å². The fourth-order valence-corrected chi connectivity index (χ4v) is 8.78. The molecule has 0 spiro atoms. The summed E-state index contributed by atoms with van der Waals surface area (Å²) in [6.45, 7) is 5.80. The molecule has 0 amide bonds. The Kier molecular flexibility index (Phi) is 48.4. The zero-order valence-electron chi connectivity index (χ0n) is 48.4. The summed E-state index contributed by atoms with van der Waals surface area (Å²) >= 11 is 0. The monoisotopic (exact) mass is 1080 g/mol. The number of carboxylic acids is 1. The molecular weight excluding hydrogens is 973 g/mol. The van der Waals surface area contributed by atoms with Crippen molar-refractivity contribution in [3.63, 3.8) is 0 Å². The summed E-state index contributed by atoms with van der Waals surface area (Å²) in [4.78, 5) is 51.1. The molecule has 3 N–H and O–H groups in total. The van der Waals surface area contributed by atoms with Gasteiger partial charge in [-0.2, -0.15) is 0 Å². The normalized spacial score (nSPS) is 18.6. The first kappa shape index (κ1) is 70.9. The standard InChI is InChI=1S/C65H108O12/c1-4-7-10-13-16-19-21-23-25-27-29-31-33-35-37-40-42-45-48-51-57(66)73-54-56(75-58(67)52-49-46-44-41-38-36-34-32-30-28-26-24-22-20-17-14-11-8-5-2)55-74-65-63(61(70)60(69)62(77-65)64(71)72)76-59(68)53-50-47-43-39-18-15-12-9-6-3/h7,10,16-17,19-20,23-26,29,31,35,37,56,60-63,65,69-70H,4-6,8-9,11-15,18,21-22,27-28,30,32-34,36,38-55H2,1-3H3,(H,71,72)/b10-7-,19-16-,20-17-,25-23-,26-24-,31-29-,37-35-. The minimum atomic E-state index is -1.91. The van der Waals surface area contributed by atoms with E-state index < -0.39 is 67.3 Å². The highest BCUT2D eigenvalue weighted by Crippen LogP contribution is 2.26. The summed E-state index contributed by atoms with van der Waals surface area (Å²) in [6, 6.07) is 0. The first-order valence-corrected chi connectivity index (χ1v) is 30.6. The van der Waals surface area contributed by atoms with Gasteiger partial charge in [-0.15, -0.1) is 0 Å². The molecule has 12 heteroatoms. The van der Waals surface area contributed by atoms with Gasteiger partial charge in [0.25, 0.3) is 0 Å². The topological polar surface area (TPSA) is 175 Å². The fourth-order valence-electron chi connectivity index (χ4n) is 8.78. The Balaban J connectivity index is 2.67. The predicted molar refractivity (Wildman–Crippen MR) is 312 cm³/mol. The molecule has 1 aliphatic rings. The van der Waals surface area contributed by atoms with Crippen molar-refractivity contribution in [3.05, 3.63) is 85.1 Å². The van der Waals surface area contributed by atoms with Crippen LogP contribution in [-0.4, -0.2) is 89.2 Å². The molecule has 0 aromatic carbocycles. The number of carbonyl (C=O) groups excluding carboxylic acids is 3. The molecule has 1 aliphatic heterocycles. The third kappa shape index (κ3) is 42.5. The number of esters is 3. The quantitative estimate of drug-likeness (QED) is 0.0228. The number of aliphatic carboxylic acids is 1. The number of carboxylic acid groups (broad SMARTS) is 1. The van der Waals surface area contributed by atoms with E-state index in [9.17, 15) is 34.5 Å². The lowest BCUT2D eigenvalue weighted by Crippen LogP contribution is -2.61. The Morgan fingerprint density at radius 2 is 0.818 bits per heavy atom. The molecule has 1 saturated heterocycles. The van der Waals surface area contributed by atoms with E-state index in [1.54, 1.807) is 0 Å². The second kappa shape index (κ2) is 52.6. The lowest BCUT2D eigenvalue weighted by molar-refractivity contribution is -0.301. The van der Waals surface area contributed by atoms with E-state index in [-0.39, 0.29) is 25.9 Å². The lowest BCUT2D eigenvalue weighted by atomic mass is 9.98.